The van der Waals surface area contributed by atoms with Gasteiger partial charge in [-0.1, -0.05) is 42.0 Å². The number of hydrogen-bond donors (Lipinski definition) is 1. The molecule has 0 saturated carbocycles. The van der Waals surface area contributed by atoms with Gasteiger partial charge in [-0.25, -0.2) is 13.8 Å². The van der Waals surface area contributed by atoms with Crippen LogP contribution >= 0.6 is 0 Å². The van der Waals surface area contributed by atoms with Crippen molar-refractivity contribution in [3.05, 3.63) is 95.6 Å². The lowest BCUT2D eigenvalue weighted by Gasteiger charge is -2.11. The van der Waals surface area contributed by atoms with E-state index in [4.69, 9.17) is 0 Å². The van der Waals surface area contributed by atoms with E-state index in [1.165, 1.54) is 0 Å². The number of aromatic nitrogens is 1. The van der Waals surface area contributed by atoms with Crippen molar-refractivity contribution >= 4 is 22.5 Å². The summed E-state index contributed by atoms with van der Waals surface area (Å²) < 4.78 is 26.9. The zero-order valence-corrected chi connectivity index (χ0v) is 15.0. The van der Waals surface area contributed by atoms with Crippen molar-refractivity contribution in [1.82, 2.24) is 4.98 Å². The molecule has 4 aromatic rings. The molecule has 0 radical (unpaired) electrons. The first kappa shape index (κ1) is 17.8. The van der Waals surface area contributed by atoms with Crippen LogP contribution in [0.5, 0.6) is 0 Å². The Hall–Kier alpha value is -3.60. The number of pyridine rings is 1. The molecule has 0 fully saturated rings. The van der Waals surface area contributed by atoms with Crippen LogP contribution in [0.4, 0.5) is 14.5 Å². The molecular formula is C23H16F2N2O. The number of aryl methyl sites for hydroxylation is 1. The van der Waals surface area contributed by atoms with Crippen molar-refractivity contribution in [2.24, 2.45) is 0 Å². The molecule has 0 bridgehead atoms. The third kappa shape index (κ3) is 3.60. The molecule has 0 aliphatic heterocycles. The molecule has 1 aromatic heterocycles. The molecule has 4 rings (SSSR count). The third-order valence-electron chi connectivity index (χ3n) is 4.40. The fourth-order valence-electron chi connectivity index (χ4n) is 3.11. The molecule has 0 spiro atoms. The molecule has 5 heteroatoms. The fraction of sp³-hybridized carbons (Fsp3) is 0.0435. The molecule has 1 amide bonds. The number of benzene rings is 3. The molecule has 138 valence electrons. The Labute approximate surface area is 160 Å². The number of carbonyl (C=O) groups excluding carboxylic acids is 1. The van der Waals surface area contributed by atoms with Crippen LogP contribution in [-0.4, -0.2) is 10.9 Å². The number of nitrogens with zero attached hydrogens (tertiary/aromatic N) is 1. The summed E-state index contributed by atoms with van der Waals surface area (Å²) in [6, 6.07) is 19.8. The van der Waals surface area contributed by atoms with E-state index in [1.807, 2.05) is 55.5 Å². The smallest absolute Gasteiger partial charge is 0.256 e. The number of carbonyl (C=O) groups is 1. The SMILES string of the molecule is Cc1ccc2nc(-c3ccccc3)cc(C(=O)Nc3cc(F)cc(F)c3)c2c1. The second-order valence-corrected chi connectivity index (χ2v) is 6.55. The predicted molar refractivity (Wildman–Crippen MR) is 106 cm³/mol. The number of nitrogens with one attached hydrogen (secondary N) is 1. The molecule has 0 aliphatic rings. The standard InChI is InChI=1S/C23H16F2N2O/c1-14-7-8-21-19(9-14)20(13-22(27-21)15-5-3-2-4-6-15)23(28)26-18-11-16(24)10-17(25)12-18/h2-13H,1H3,(H,26,28). The second kappa shape index (κ2) is 7.19. The van der Waals surface area contributed by atoms with E-state index in [1.54, 1.807) is 6.07 Å². The summed E-state index contributed by atoms with van der Waals surface area (Å²) in [5.74, 6) is -1.97. The van der Waals surface area contributed by atoms with Crippen LogP contribution in [0.25, 0.3) is 22.2 Å². The predicted octanol–water partition coefficient (Wildman–Crippen LogP) is 5.74. The Morgan fingerprint density at radius 1 is 0.893 bits per heavy atom. The van der Waals surface area contributed by atoms with E-state index in [2.05, 4.69) is 10.3 Å². The van der Waals surface area contributed by atoms with Gasteiger partial charge in [-0.2, -0.15) is 0 Å². The van der Waals surface area contributed by atoms with E-state index >= 15 is 0 Å². The molecule has 0 aliphatic carbocycles. The zero-order valence-electron chi connectivity index (χ0n) is 15.0. The first-order chi connectivity index (χ1) is 13.5. The minimum atomic E-state index is -0.754. The Bertz CT molecular complexity index is 1170. The van der Waals surface area contributed by atoms with E-state index in [-0.39, 0.29) is 5.69 Å². The molecular weight excluding hydrogens is 358 g/mol. The highest BCUT2D eigenvalue weighted by atomic mass is 19.1. The van der Waals surface area contributed by atoms with Gasteiger partial charge in [0.2, 0.25) is 0 Å². The highest BCUT2D eigenvalue weighted by Gasteiger charge is 2.15. The van der Waals surface area contributed by atoms with Gasteiger partial charge in [0.15, 0.2) is 0 Å². The minimum Gasteiger partial charge on any atom is -0.322 e. The number of halogens is 2. The van der Waals surface area contributed by atoms with Crippen LogP contribution in [0, 0.1) is 18.6 Å². The normalized spacial score (nSPS) is 10.8. The maximum Gasteiger partial charge on any atom is 0.256 e. The van der Waals surface area contributed by atoms with E-state index in [0.29, 0.717) is 22.2 Å². The lowest BCUT2D eigenvalue weighted by atomic mass is 10.0. The van der Waals surface area contributed by atoms with Crippen LogP contribution in [0.3, 0.4) is 0 Å². The van der Waals surface area contributed by atoms with E-state index < -0.39 is 17.5 Å². The Morgan fingerprint density at radius 3 is 2.32 bits per heavy atom. The van der Waals surface area contributed by atoms with Gasteiger partial charge in [-0.15, -0.1) is 0 Å². The third-order valence-corrected chi connectivity index (χ3v) is 4.40. The lowest BCUT2D eigenvalue weighted by Crippen LogP contribution is -2.13. The summed E-state index contributed by atoms with van der Waals surface area (Å²) >= 11 is 0. The van der Waals surface area contributed by atoms with E-state index in [9.17, 15) is 13.6 Å². The van der Waals surface area contributed by atoms with Crippen LogP contribution in [0.1, 0.15) is 15.9 Å². The topological polar surface area (TPSA) is 42.0 Å². The summed E-state index contributed by atoms with van der Waals surface area (Å²) in [6.45, 7) is 1.92. The Kier molecular flexibility index (Phi) is 4.57. The van der Waals surface area contributed by atoms with Gasteiger partial charge in [0.25, 0.3) is 5.91 Å². The fourth-order valence-corrected chi connectivity index (χ4v) is 3.11. The largest absolute Gasteiger partial charge is 0.322 e. The highest BCUT2D eigenvalue weighted by molar-refractivity contribution is 6.13. The van der Waals surface area contributed by atoms with Gasteiger partial charge < -0.3 is 5.32 Å². The average Bonchev–Trinajstić information content (AvgIpc) is 2.67. The summed E-state index contributed by atoms with van der Waals surface area (Å²) in [7, 11) is 0. The monoisotopic (exact) mass is 374 g/mol. The Balaban J connectivity index is 1.83. The van der Waals surface area contributed by atoms with Crippen molar-refractivity contribution in [2.75, 3.05) is 5.32 Å². The maximum absolute atomic E-state index is 13.5. The lowest BCUT2D eigenvalue weighted by molar-refractivity contribution is 0.102. The first-order valence-corrected chi connectivity index (χ1v) is 8.74. The number of amides is 1. The zero-order chi connectivity index (χ0) is 19.7. The summed E-state index contributed by atoms with van der Waals surface area (Å²) in [4.78, 5) is 17.6. The second-order valence-electron chi connectivity index (χ2n) is 6.55. The van der Waals surface area contributed by atoms with E-state index in [0.717, 1.165) is 29.3 Å². The molecule has 0 saturated heterocycles. The molecule has 1 N–H and O–H groups in total. The van der Waals surface area contributed by atoms with Crippen LogP contribution in [0.2, 0.25) is 0 Å². The number of anilines is 1. The summed E-state index contributed by atoms with van der Waals surface area (Å²) in [5.41, 5.74) is 3.61. The molecule has 3 nitrogen and oxygen atoms in total. The number of fused-ring (bicyclic) bond motifs is 1. The van der Waals surface area contributed by atoms with Crippen LogP contribution in [-0.2, 0) is 0 Å². The number of rotatable bonds is 3. The molecule has 0 unspecified atom stereocenters. The van der Waals surface area contributed by atoms with Crippen molar-refractivity contribution < 1.29 is 13.6 Å². The van der Waals surface area contributed by atoms with Crippen molar-refractivity contribution in [1.29, 1.82) is 0 Å². The molecule has 0 atom stereocenters. The first-order valence-electron chi connectivity index (χ1n) is 8.74. The molecule has 3 aromatic carbocycles. The van der Waals surface area contributed by atoms with Crippen molar-refractivity contribution in [3.8, 4) is 11.3 Å². The van der Waals surface area contributed by atoms with Crippen LogP contribution in [0.15, 0.2) is 72.8 Å². The van der Waals surface area contributed by atoms with Gasteiger partial charge in [0, 0.05) is 22.7 Å². The van der Waals surface area contributed by atoms with Gasteiger partial charge in [0.1, 0.15) is 11.6 Å². The van der Waals surface area contributed by atoms with Crippen molar-refractivity contribution in [3.63, 3.8) is 0 Å². The Morgan fingerprint density at radius 2 is 1.61 bits per heavy atom. The summed E-state index contributed by atoms with van der Waals surface area (Å²) in [5, 5.41) is 3.26. The van der Waals surface area contributed by atoms with Gasteiger partial charge in [-0.3, -0.25) is 4.79 Å². The highest BCUT2D eigenvalue weighted by Crippen LogP contribution is 2.26. The van der Waals surface area contributed by atoms with Gasteiger partial charge >= 0.3 is 0 Å². The molecule has 1 heterocycles. The van der Waals surface area contributed by atoms with Gasteiger partial charge in [0.05, 0.1) is 16.8 Å². The maximum atomic E-state index is 13.5. The van der Waals surface area contributed by atoms with Crippen LogP contribution < -0.4 is 5.32 Å². The average molecular weight is 374 g/mol. The number of hydrogen-bond acceptors (Lipinski definition) is 2. The summed E-state index contributed by atoms with van der Waals surface area (Å²) in [6.07, 6.45) is 0. The quantitative estimate of drug-likeness (QED) is 0.497. The van der Waals surface area contributed by atoms with Crippen molar-refractivity contribution in [2.45, 2.75) is 6.92 Å². The molecule has 28 heavy (non-hydrogen) atoms. The van der Waals surface area contributed by atoms with Gasteiger partial charge in [-0.05, 0) is 37.3 Å². The minimum absolute atomic E-state index is 0.0568.